The number of hydrogen-bond donors (Lipinski definition) is 2. The summed E-state index contributed by atoms with van der Waals surface area (Å²) >= 11 is 1.89. The fraction of sp³-hybridized carbons (Fsp3) is 0.938. The smallest absolute Gasteiger partial charge is 0.191 e. The molecule has 2 N–H and O–H groups in total. The van der Waals surface area contributed by atoms with Crippen LogP contribution in [0.3, 0.4) is 0 Å². The number of ether oxygens (including phenoxy) is 1. The van der Waals surface area contributed by atoms with E-state index in [1.165, 1.54) is 37.9 Å². The second kappa shape index (κ2) is 8.28. The van der Waals surface area contributed by atoms with E-state index in [1.54, 1.807) is 0 Å². The second-order valence-electron chi connectivity index (χ2n) is 6.16. The lowest BCUT2D eigenvalue weighted by Gasteiger charge is -2.54. The van der Waals surface area contributed by atoms with Gasteiger partial charge in [0.15, 0.2) is 5.96 Å². The van der Waals surface area contributed by atoms with Gasteiger partial charge in [0.1, 0.15) is 0 Å². The van der Waals surface area contributed by atoms with Crippen molar-refractivity contribution in [2.24, 2.45) is 10.4 Å². The maximum absolute atomic E-state index is 5.97. The fourth-order valence-corrected chi connectivity index (χ4v) is 4.30. The molecule has 0 radical (unpaired) electrons. The normalized spacial score (nSPS) is 27.7. The third-order valence-corrected chi connectivity index (χ3v) is 5.74. The van der Waals surface area contributed by atoms with Gasteiger partial charge in [0.25, 0.3) is 0 Å². The first-order chi connectivity index (χ1) is 10.3. The molecule has 0 heterocycles. The van der Waals surface area contributed by atoms with Crippen LogP contribution in [-0.2, 0) is 4.74 Å². The summed E-state index contributed by atoms with van der Waals surface area (Å²) in [6.07, 6.45) is 10.2. The summed E-state index contributed by atoms with van der Waals surface area (Å²) in [6.45, 7) is 3.94. The summed E-state index contributed by atoms with van der Waals surface area (Å²) in [7, 11) is 1.86. The molecule has 0 aromatic carbocycles. The summed E-state index contributed by atoms with van der Waals surface area (Å²) in [6, 6.07) is 0.531. The average Bonchev–Trinajstić information content (AvgIpc) is 3.01. The Hall–Kier alpha value is -0.420. The molecule has 2 rings (SSSR count). The van der Waals surface area contributed by atoms with Gasteiger partial charge in [-0.2, -0.15) is 11.8 Å². The molecule has 0 aromatic heterocycles. The molecule has 0 aromatic rings. The Balaban J connectivity index is 1.83. The van der Waals surface area contributed by atoms with E-state index in [0.29, 0.717) is 17.6 Å². The van der Waals surface area contributed by atoms with Gasteiger partial charge in [0, 0.05) is 31.7 Å². The van der Waals surface area contributed by atoms with E-state index in [-0.39, 0.29) is 0 Å². The van der Waals surface area contributed by atoms with Crippen LogP contribution in [0, 0.1) is 5.41 Å². The minimum Gasteiger partial charge on any atom is -0.378 e. The summed E-state index contributed by atoms with van der Waals surface area (Å²) in [4.78, 5) is 4.38. The fourth-order valence-electron chi connectivity index (χ4n) is 3.87. The minimum atomic E-state index is 0.368. The van der Waals surface area contributed by atoms with Crippen molar-refractivity contribution in [1.29, 1.82) is 0 Å². The molecular formula is C16H31N3OS. The molecule has 0 bridgehead atoms. The third-order valence-electron chi connectivity index (χ3n) is 5.04. The first kappa shape index (κ1) is 16.9. The van der Waals surface area contributed by atoms with Gasteiger partial charge in [0.05, 0.1) is 6.10 Å². The monoisotopic (exact) mass is 313 g/mol. The molecule has 2 aliphatic rings. The number of nitrogens with one attached hydrogen (secondary N) is 2. The van der Waals surface area contributed by atoms with Crippen LogP contribution in [0.5, 0.6) is 0 Å². The molecule has 2 unspecified atom stereocenters. The van der Waals surface area contributed by atoms with Crippen LogP contribution < -0.4 is 10.6 Å². The van der Waals surface area contributed by atoms with Gasteiger partial charge in [-0.1, -0.05) is 12.8 Å². The van der Waals surface area contributed by atoms with Crippen molar-refractivity contribution in [3.05, 3.63) is 0 Å². The molecule has 122 valence electrons. The quantitative estimate of drug-likeness (QED) is 0.431. The van der Waals surface area contributed by atoms with Crippen LogP contribution in [-0.4, -0.2) is 50.3 Å². The van der Waals surface area contributed by atoms with Crippen molar-refractivity contribution in [2.75, 3.05) is 32.2 Å². The summed E-state index contributed by atoms with van der Waals surface area (Å²) < 4.78 is 5.97. The molecule has 0 saturated heterocycles. The maximum atomic E-state index is 5.97. The van der Waals surface area contributed by atoms with E-state index in [2.05, 4.69) is 28.8 Å². The third kappa shape index (κ3) is 3.86. The lowest BCUT2D eigenvalue weighted by atomic mass is 9.60. The molecule has 0 amide bonds. The van der Waals surface area contributed by atoms with Gasteiger partial charge in [-0.05, 0) is 44.6 Å². The molecule has 1 spiro atoms. The van der Waals surface area contributed by atoms with Crippen molar-refractivity contribution in [3.8, 4) is 0 Å². The summed E-state index contributed by atoms with van der Waals surface area (Å²) in [5.41, 5.74) is 0.368. The van der Waals surface area contributed by atoms with Crippen LogP contribution in [0.15, 0.2) is 4.99 Å². The summed E-state index contributed by atoms with van der Waals surface area (Å²) in [5.74, 6) is 2.16. The van der Waals surface area contributed by atoms with Crippen molar-refractivity contribution in [1.82, 2.24) is 10.6 Å². The zero-order valence-corrected chi connectivity index (χ0v) is 14.6. The zero-order valence-electron chi connectivity index (χ0n) is 13.8. The van der Waals surface area contributed by atoms with E-state index >= 15 is 0 Å². The Kier molecular flexibility index (Phi) is 6.68. The van der Waals surface area contributed by atoms with E-state index in [9.17, 15) is 0 Å². The highest BCUT2D eigenvalue weighted by molar-refractivity contribution is 7.98. The largest absolute Gasteiger partial charge is 0.378 e. The van der Waals surface area contributed by atoms with Crippen LogP contribution in [0.4, 0.5) is 0 Å². The van der Waals surface area contributed by atoms with Crippen molar-refractivity contribution < 1.29 is 4.74 Å². The first-order valence-electron chi connectivity index (χ1n) is 8.34. The molecule has 2 aliphatic carbocycles. The molecule has 2 fully saturated rings. The van der Waals surface area contributed by atoms with Crippen LogP contribution in [0.2, 0.25) is 0 Å². The highest BCUT2D eigenvalue weighted by Crippen LogP contribution is 2.54. The van der Waals surface area contributed by atoms with Crippen LogP contribution >= 0.6 is 11.8 Å². The molecule has 0 aliphatic heterocycles. The number of guanidine groups is 1. The highest BCUT2D eigenvalue weighted by Gasteiger charge is 2.56. The number of rotatable bonds is 7. The Bertz CT molecular complexity index is 342. The molecule has 4 nitrogen and oxygen atoms in total. The molecule has 5 heteroatoms. The van der Waals surface area contributed by atoms with Gasteiger partial charge in [-0.3, -0.25) is 4.99 Å². The van der Waals surface area contributed by atoms with Gasteiger partial charge < -0.3 is 15.4 Å². The van der Waals surface area contributed by atoms with Gasteiger partial charge in [0.2, 0.25) is 0 Å². The SMILES string of the molecule is CCOC1CC(NC(=NC)NCCCSC)C12CCCC2. The number of aliphatic imine (C=N–C) groups is 1. The number of nitrogens with zero attached hydrogens (tertiary/aromatic N) is 1. The highest BCUT2D eigenvalue weighted by atomic mass is 32.2. The maximum Gasteiger partial charge on any atom is 0.191 e. The van der Waals surface area contributed by atoms with Crippen LogP contribution in [0.1, 0.15) is 45.4 Å². The minimum absolute atomic E-state index is 0.368. The van der Waals surface area contributed by atoms with E-state index < -0.39 is 0 Å². The lowest BCUT2D eigenvalue weighted by molar-refractivity contribution is -0.125. The molecular weight excluding hydrogens is 282 g/mol. The van der Waals surface area contributed by atoms with Crippen molar-refractivity contribution in [3.63, 3.8) is 0 Å². The van der Waals surface area contributed by atoms with Crippen LogP contribution in [0.25, 0.3) is 0 Å². The number of hydrogen-bond acceptors (Lipinski definition) is 3. The van der Waals surface area contributed by atoms with Gasteiger partial charge in [-0.25, -0.2) is 0 Å². The molecule has 2 saturated carbocycles. The predicted octanol–water partition coefficient (Wildman–Crippen LogP) is 2.64. The van der Waals surface area contributed by atoms with E-state index in [0.717, 1.165) is 25.5 Å². The van der Waals surface area contributed by atoms with Gasteiger partial charge in [-0.15, -0.1) is 0 Å². The zero-order chi connectivity index (χ0) is 15.1. The Morgan fingerprint density at radius 1 is 1.38 bits per heavy atom. The topological polar surface area (TPSA) is 45.6 Å². The van der Waals surface area contributed by atoms with E-state index in [4.69, 9.17) is 4.74 Å². The number of thioether (sulfide) groups is 1. The Labute approximate surface area is 133 Å². The summed E-state index contributed by atoms with van der Waals surface area (Å²) in [5, 5.41) is 7.09. The molecule has 2 atom stereocenters. The lowest BCUT2D eigenvalue weighted by Crippen LogP contribution is -2.65. The van der Waals surface area contributed by atoms with E-state index in [1.807, 2.05) is 18.8 Å². The first-order valence-corrected chi connectivity index (χ1v) is 9.74. The molecule has 21 heavy (non-hydrogen) atoms. The Morgan fingerprint density at radius 2 is 2.14 bits per heavy atom. The Morgan fingerprint density at radius 3 is 2.76 bits per heavy atom. The van der Waals surface area contributed by atoms with Gasteiger partial charge >= 0.3 is 0 Å². The second-order valence-corrected chi connectivity index (χ2v) is 7.15. The van der Waals surface area contributed by atoms with Crippen molar-refractivity contribution in [2.45, 2.75) is 57.6 Å². The average molecular weight is 314 g/mol. The standard InChI is InChI=1S/C16H31N3OS/c1-4-20-14-12-13(16(14)8-5-6-9-16)19-15(17-2)18-10-7-11-21-3/h13-14H,4-12H2,1-3H3,(H2,17,18,19). The van der Waals surface area contributed by atoms with Crippen molar-refractivity contribution >= 4 is 17.7 Å². The predicted molar refractivity (Wildman–Crippen MR) is 92.2 cm³/mol.